The van der Waals surface area contributed by atoms with E-state index in [0.717, 1.165) is 19.3 Å². The molecule has 1 aromatic carbocycles. The van der Waals surface area contributed by atoms with Crippen molar-refractivity contribution in [2.75, 3.05) is 6.54 Å². The van der Waals surface area contributed by atoms with Crippen molar-refractivity contribution in [1.82, 2.24) is 24.4 Å². The van der Waals surface area contributed by atoms with Crippen LogP contribution in [0.25, 0.3) is 0 Å². The van der Waals surface area contributed by atoms with Crippen molar-refractivity contribution in [2.24, 2.45) is 0 Å². The third-order valence-corrected chi connectivity index (χ3v) is 7.68. The minimum atomic E-state index is -3.64. The first-order valence-electron chi connectivity index (χ1n) is 9.80. The van der Waals surface area contributed by atoms with E-state index < -0.39 is 10.0 Å². The number of hydrogen-bond donors (Lipinski definition) is 2. The lowest BCUT2D eigenvalue weighted by molar-refractivity contribution is 0.0948. The van der Waals surface area contributed by atoms with Gasteiger partial charge in [0.25, 0.3) is 5.91 Å². The molecular weight excluding hydrogens is 410 g/mol. The standard InChI is InChI=1S/C19H27N5O3S2/c1-4-23-17(21-22-19(23)28)12-20-18(25)16-11-15(9-8-13(16)2)29(26,27)24-10-6-5-7-14(24)3/h8-9,11,14H,4-7,10,12H2,1-3H3,(H,20,25)(H,22,28). The predicted molar refractivity (Wildman–Crippen MR) is 113 cm³/mol. The van der Waals surface area contributed by atoms with Gasteiger partial charge in [-0.05, 0) is 63.5 Å². The fourth-order valence-electron chi connectivity index (χ4n) is 3.64. The smallest absolute Gasteiger partial charge is 0.251 e. The molecule has 1 aromatic heterocycles. The van der Waals surface area contributed by atoms with Gasteiger partial charge in [-0.1, -0.05) is 12.5 Å². The molecule has 1 unspecified atom stereocenters. The average Bonchev–Trinajstić information content (AvgIpc) is 3.06. The van der Waals surface area contributed by atoms with Crippen LogP contribution in [-0.4, -0.2) is 46.0 Å². The van der Waals surface area contributed by atoms with Crippen LogP contribution in [0.5, 0.6) is 0 Å². The van der Waals surface area contributed by atoms with E-state index in [-0.39, 0.29) is 23.4 Å². The maximum absolute atomic E-state index is 13.1. The number of benzene rings is 1. The molecule has 0 bridgehead atoms. The molecule has 1 aliphatic heterocycles. The Kier molecular flexibility index (Phi) is 6.55. The summed E-state index contributed by atoms with van der Waals surface area (Å²) in [6.45, 7) is 7.01. The van der Waals surface area contributed by atoms with Gasteiger partial charge in [-0.3, -0.25) is 9.89 Å². The SMILES string of the molecule is CCn1c(CNC(=O)c2cc(S(=O)(=O)N3CCCCC3C)ccc2C)n[nH]c1=S. The maximum atomic E-state index is 13.1. The number of amides is 1. The molecule has 2 N–H and O–H groups in total. The van der Waals surface area contributed by atoms with E-state index in [1.165, 1.54) is 6.07 Å². The second-order valence-electron chi connectivity index (χ2n) is 7.31. The van der Waals surface area contributed by atoms with Crippen molar-refractivity contribution in [3.8, 4) is 0 Å². The zero-order valence-electron chi connectivity index (χ0n) is 16.9. The lowest BCUT2D eigenvalue weighted by Gasteiger charge is -2.32. The van der Waals surface area contributed by atoms with Gasteiger partial charge in [-0.2, -0.15) is 9.40 Å². The number of nitrogens with zero attached hydrogens (tertiary/aromatic N) is 3. The van der Waals surface area contributed by atoms with Gasteiger partial charge in [0.2, 0.25) is 10.0 Å². The van der Waals surface area contributed by atoms with Crippen molar-refractivity contribution in [3.05, 3.63) is 39.9 Å². The van der Waals surface area contributed by atoms with E-state index in [1.54, 1.807) is 27.9 Å². The second-order valence-corrected chi connectivity index (χ2v) is 9.59. The molecule has 0 saturated carbocycles. The molecule has 0 radical (unpaired) electrons. The summed E-state index contributed by atoms with van der Waals surface area (Å²) in [5, 5.41) is 9.66. The van der Waals surface area contributed by atoms with Crippen LogP contribution in [0.1, 0.15) is 54.9 Å². The molecule has 2 aromatic rings. The number of nitrogens with one attached hydrogen (secondary N) is 2. The largest absolute Gasteiger partial charge is 0.345 e. The lowest BCUT2D eigenvalue weighted by Crippen LogP contribution is -2.42. The van der Waals surface area contributed by atoms with Gasteiger partial charge < -0.3 is 9.88 Å². The molecule has 2 heterocycles. The third kappa shape index (κ3) is 4.44. The molecule has 8 nitrogen and oxygen atoms in total. The first-order valence-corrected chi connectivity index (χ1v) is 11.6. The van der Waals surface area contributed by atoms with E-state index in [0.29, 0.717) is 34.8 Å². The highest BCUT2D eigenvalue weighted by Gasteiger charge is 2.31. The van der Waals surface area contributed by atoms with E-state index in [1.807, 2.05) is 13.8 Å². The van der Waals surface area contributed by atoms with E-state index >= 15 is 0 Å². The van der Waals surface area contributed by atoms with Gasteiger partial charge in [0.05, 0.1) is 11.4 Å². The second kappa shape index (κ2) is 8.76. The van der Waals surface area contributed by atoms with Crippen molar-refractivity contribution in [3.63, 3.8) is 0 Å². The number of piperidine rings is 1. The zero-order chi connectivity index (χ0) is 21.2. The van der Waals surface area contributed by atoms with Gasteiger partial charge in [0.15, 0.2) is 10.6 Å². The molecule has 3 rings (SSSR count). The number of aromatic amines is 1. The van der Waals surface area contributed by atoms with Crippen molar-refractivity contribution >= 4 is 28.1 Å². The predicted octanol–water partition coefficient (Wildman–Crippen LogP) is 2.76. The van der Waals surface area contributed by atoms with Crippen LogP contribution in [0.4, 0.5) is 0 Å². The Labute approximate surface area is 176 Å². The molecule has 29 heavy (non-hydrogen) atoms. The normalized spacial score (nSPS) is 18.0. The summed E-state index contributed by atoms with van der Waals surface area (Å²) in [6, 6.07) is 4.69. The fourth-order valence-corrected chi connectivity index (χ4v) is 5.64. The summed E-state index contributed by atoms with van der Waals surface area (Å²) in [6.07, 6.45) is 2.74. The Hall–Kier alpha value is -2.04. The summed E-state index contributed by atoms with van der Waals surface area (Å²) in [4.78, 5) is 12.9. The van der Waals surface area contributed by atoms with Crippen LogP contribution in [-0.2, 0) is 23.1 Å². The molecule has 10 heteroatoms. The van der Waals surface area contributed by atoms with Gasteiger partial charge >= 0.3 is 0 Å². The molecule has 1 aliphatic rings. The number of aromatic nitrogens is 3. The summed E-state index contributed by atoms with van der Waals surface area (Å²) in [7, 11) is -3.64. The highest BCUT2D eigenvalue weighted by Crippen LogP contribution is 2.26. The lowest BCUT2D eigenvalue weighted by atomic mass is 10.1. The van der Waals surface area contributed by atoms with Crippen LogP contribution in [0, 0.1) is 11.7 Å². The Morgan fingerprint density at radius 3 is 2.83 bits per heavy atom. The Bertz CT molecular complexity index is 1060. The number of rotatable bonds is 6. The van der Waals surface area contributed by atoms with Crippen molar-refractivity contribution in [2.45, 2.75) is 64.1 Å². The average molecular weight is 438 g/mol. The monoisotopic (exact) mass is 437 g/mol. The molecule has 1 amide bonds. The number of hydrogen-bond acceptors (Lipinski definition) is 5. The molecule has 0 aliphatic carbocycles. The number of aryl methyl sites for hydroxylation is 1. The molecule has 158 valence electrons. The van der Waals surface area contributed by atoms with Gasteiger partial charge in [-0.25, -0.2) is 8.42 Å². The van der Waals surface area contributed by atoms with Crippen molar-refractivity contribution < 1.29 is 13.2 Å². The number of carbonyl (C=O) groups is 1. The maximum Gasteiger partial charge on any atom is 0.251 e. The van der Waals surface area contributed by atoms with Crippen LogP contribution < -0.4 is 5.32 Å². The summed E-state index contributed by atoms with van der Waals surface area (Å²) >= 11 is 5.16. The molecule has 1 fully saturated rings. The Morgan fingerprint density at radius 2 is 2.14 bits per heavy atom. The number of carbonyl (C=O) groups excluding carboxylic acids is 1. The minimum Gasteiger partial charge on any atom is -0.345 e. The first kappa shape index (κ1) is 21.7. The third-order valence-electron chi connectivity index (χ3n) is 5.36. The summed E-state index contributed by atoms with van der Waals surface area (Å²) in [5.74, 6) is 0.275. The Morgan fingerprint density at radius 1 is 1.38 bits per heavy atom. The molecular formula is C19H27N5O3S2. The Balaban J connectivity index is 1.83. The van der Waals surface area contributed by atoms with Crippen LogP contribution in [0.3, 0.4) is 0 Å². The van der Waals surface area contributed by atoms with Gasteiger partial charge in [0, 0.05) is 24.7 Å². The molecule has 0 spiro atoms. The minimum absolute atomic E-state index is 0.0379. The van der Waals surface area contributed by atoms with E-state index in [4.69, 9.17) is 12.2 Å². The van der Waals surface area contributed by atoms with Gasteiger partial charge in [-0.15, -0.1) is 0 Å². The quantitative estimate of drug-likeness (QED) is 0.677. The summed E-state index contributed by atoms with van der Waals surface area (Å²) < 4.78 is 30.1. The molecule has 1 saturated heterocycles. The van der Waals surface area contributed by atoms with Crippen molar-refractivity contribution in [1.29, 1.82) is 0 Å². The zero-order valence-corrected chi connectivity index (χ0v) is 18.6. The van der Waals surface area contributed by atoms with E-state index in [2.05, 4.69) is 15.5 Å². The number of H-pyrrole nitrogens is 1. The highest BCUT2D eigenvalue weighted by atomic mass is 32.2. The molecule has 1 atom stereocenters. The van der Waals surface area contributed by atoms with Crippen LogP contribution in [0.2, 0.25) is 0 Å². The van der Waals surface area contributed by atoms with Crippen LogP contribution in [0.15, 0.2) is 23.1 Å². The summed E-state index contributed by atoms with van der Waals surface area (Å²) in [5.41, 5.74) is 1.05. The van der Waals surface area contributed by atoms with Crippen LogP contribution >= 0.6 is 12.2 Å². The van der Waals surface area contributed by atoms with Gasteiger partial charge in [0.1, 0.15) is 0 Å². The topological polar surface area (TPSA) is 100 Å². The first-order chi connectivity index (χ1) is 13.8. The number of sulfonamides is 1. The van der Waals surface area contributed by atoms with E-state index in [9.17, 15) is 13.2 Å². The fraction of sp³-hybridized carbons (Fsp3) is 0.526. The highest BCUT2D eigenvalue weighted by molar-refractivity contribution is 7.89.